The lowest BCUT2D eigenvalue weighted by atomic mass is 10.1. The first-order valence-corrected chi connectivity index (χ1v) is 10.2. The van der Waals surface area contributed by atoms with Crippen molar-refractivity contribution in [2.75, 3.05) is 13.1 Å². The van der Waals surface area contributed by atoms with Crippen LogP contribution in [0.2, 0.25) is 0 Å². The van der Waals surface area contributed by atoms with Crippen LogP contribution in [0.5, 0.6) is 0 Å². The van der Waals surface area contributed by atoms with Crippen molar-refractivity contribution in [1.82, 2.24) is 19.8 Å². The van der Waals surface area contributed by atoms with Gasteiger partial charge in [0.15, 0.2) is 0 Å². The molecule has 3 aromatic rings. The summed E-state index contributed by atoms with van der Waals surface area (Å²) in [6, 6.07) is 8.92. The summed E-state index contributed by atoms with van der Waals surface area (Å²) in [7, 11) is 1.78. The van der Waals surface area contributed by atoms with Crippen molar-refractivity contribution in [3.05, 3.63) is 64.4 Å². The molecule has 0 bridgehead atoms. The number of fused-ring (bicyclic) bond motifs is 1. The number of amides is 1. The van der Waals surface area contributed by atoms with E-state index in [1.54, 1.807) is 11.6 Å². The van der Waals surface area contributed by atoms with E-state index >= 15 is 0 Å². The highest BCUT2D eigenvalue weighted by Gasteiger charge is 2.22. The van der Waals surface area contributed by atoms with Gasteiger partial charge in [-0.25, -0.2) is 4.39 Å². The summed E-state index contributed by atoms with van der Waals surface area (Å²) in [5, 5.41) is 11.3. The molecule has 1 amide bonds. The zero-order chi connectivity index (χ0) is 21.3. The van der Waals surface area contributed by atoms with E-state index in [2.05, 4.69) is 15.2 Å². The molecule has 7 heteroatoms. The number of aromatic nitrogens is 2. The maximum absolute atomic E-state index is 14.8. The molecule has 0 unspecified atom stereocenters. The van der Waals surface area contributed by atoms with Crippen LogP contribution in [0.3, 0.4) is 0 Å². The summed E-state index contributed by atoms with van der Waals surface area (Å²) in [6.07, 6.45) is 3.42. The van der Waals surface area contributed by atoms with Gasteiger partial charge in [-0.2, -0.15) is 0 Å². The van der Waals surface area contributed by atoms with Crippen LogP contribution in [0.25, 0.3) is 10.9 Å². The maximum Gasteiger partial charge on any atom is 0.268 e. The number of aryl methyl sites for hydroxylation is 2. The van der Waals surface area contributed by atoms with Crippen LogP contribution >= 0.6 is 0 Å². The van der Waals surface area contributed by atoms with Crippen molar-refractivity contribution < 1.29 is 9.18 Å². The van der Waals surface area contributed by atoms with E-state index in [1.807, 2.05) is 31.2 Å². The predicted octanol–water partition coefficient (Wildman–Crippen LogP) is 3.54. The Labute approximate surface area is 175 Å². The first kappa shape index (κ1) is 20.2. The number of nitrogens with one attached hydrogen (secondary N) is 2. The Kier molecular flexibility index (Phi) is 5.63. The number of carbonyl (C=O) groups excluding carboxylic acids is 1. The molecule has 0 radical (unpaired) electrons. The van der Waals surface area contributed by atoms with Crippen molar-refractivity contribution >= 4 is 23.0 Å². The highest BCUT2D eigenvalue weighted by atomic mass is 19.1. The highest BCUT2D eigenvalue weighted by Crippen LogP contribution is 2.28. The highest BCUT2D eigenvalue weighted by molar-refractivity contribution is 6.10. The first-order chi connectivity index (χ1) is 14.5. The molecule has 1 aliphatic heterocycles. The van der Waals surface area contributed by atoms with Gasteiger partial charge in [0.25, 0.3) is 5.91 Å². The maximum atomic E-state index is 14.8. The molecule has 4 rings (SSSR count). The molecule has 30 heavy (non-hydrogen) atoms. The van der Waals surface area contributed by atoms with E-state index in [9.17, 15) is 9.18 Å². The number of hydrogen-bond acceptors (Lipinski definition) is 4. The fraction of sp³-hybridized carbons (Fsp3) is 0.348. The van der Waals surface area contributed by atoms with E-state index in [0.29, 0.717) is 28.8 Å². The van der Waals surface area contributed by atoms with Gasteiger partial charge in [0.2, 0.25) is 0 Å². The molecule has 1 aliphatic rings. The Hall–Kier alpha value is -3.06. The fourth-order valence-corrected chi connectivity index (χ4v) is 4.20. The number of rotatable bonds is 6. The van der Waals surface area contributed by atoms with Gasteiger partial charge in [-0.3, -0.25) is 14.7 Å². The van der Waals surface area contributed by atoms with E-state index in [-0.39, 0.29) is 18.3 Å². The van der Waals surface area contributed by atoms with Crippen molar-refractivity contribution in [3.8, 4) is 0 Å². The minimum absolute atomic E-state index is 0.286. The van der Waals surface area contributed by atoms with Crippen LogP contribution in [0.15, 0.2) is 30.3 Å². The SMILES string of the molecule is Cc1cccc(CNC(=O)c2c(C=N)c3cc(F)c(CN4CCCC4)cc3n2C)n1. The number of nitrogens with zero attached hydrogens (tertiary/aromatic N) is 3. The number of carbonyl (C=O) groups is 1. The molecule has 0 spiro atoms. The smallest absolute Gasteiger partial charge is 0.268 e. The van der Waals surface area contributed by atoms with Gasteiger partial charge in [-0.15, -0.1) is 0 Å². The number of likely N-dealkylation sites (tertiary alicyclic amines) is 1. The Balaban J connectivity index is 1.65. The van der Waals surface area contributed by atoms with Gasteiger partial charge < -0.3 is 15.3 Å². The Bertz CT molecular complexity index is 1110. The van der Waals surface area contributed by atoms with Gasteiger partial charge >= 0.3 is 0 Å². The minimum atomic E-state index is -0.308. The third-order valence-corrected chi connectivity index (χ3v) is 5.73. The second kappa shape index (κ2) is 8.36. The lowest BCUT2D eigenvalue weighted by Crippen LogP contribution is -2.26. The van der Waals surface area contributed by atoms with Crippen molar-refractivity contribution in [2.24, 2.45) is 7.05 Å². The summed E-state index contributed by atoms with van der Waals surface area (Å²) in [5.41, 5.74) is 3.80. The molecule has 156 valence electrons. The van der Waals surface area contributed by atoms with Crippen LogP contribution in [-0.4, -0.2) is 39.7 Å². The molecule has 6 nitrogen and oxygen atoms in total. The Morgan fingerprint density at radius 1 is 1.30 bits per heavy atom. The molecular formula is C23H26FN5O. The van der Waals surface area contributed by atoms with Crippen molar-refractivity contribution in [3.63, 3.8) is 0 Å². The van der Waals surface area contributed by atoms with E-state index in [4.69, 9.17) is 5.41 Å². The van der Waals surface area contributed by atoms with Gasteiger partial charge in [-0.05, 0) is 57.1 Å². The minimum Gasteiger partial charge on any atom is -0.345 e. The molecule has 0 saturated carbocycles. The zero-order valence-electron chi connectivity index (χ0n) is 17.3. The Morgan fingerprint density at radius 3 is 2.77 bits per heavy atom. The normalized spacial score (nSPS) is 14.4. The van der Waals surface area contributed by atoms with Gasteiger partial charge in [-0.1, -0.05) is 6.07 Å². The summed E-state index contributed by atoms with van der Waals surface area (Å²) >= 11 is 0. The molecule has 1 fully saturated rings. The lowest BCUT2D eigenvalue weighted by Gasteiger charge is -2.15. The number of pyridine rings is 1. The third kappa shape index (κ3) is 3.85. The molecule has 1 aromatic carbocycles. The van der Waals surface area contributed by atoms with Gasteiger partial charge in [0, 0.05) is 47.5 Å². The number of benzene rings is 1. The van der Waals surface area contributed by atoms with Crippen molar-refractivity contribution in [2.45, 2.75) is 32.9 Å². The van der Waals surface area contributed by atoms with Gasteiger partial charge in [0.1, 0.15) is 11.5 Å². The second-order valence-corrected chi connectivity index (χ2v) is 7.86. The van der Waals surface area contributed by atoms with Crippen LogP contribution in [0.1, 0.15) is 45.8 Å². The molecular weight excluding hydrogens is 381 g/mol. The zero-order valence-corrected chi connectivity index (χ0v) is 17.3. The van der Waals surface area contributed by atoms with E-state index in [0.717, 1.165) is 49.1 Å². The average molecular weight is 407 g/mol. The number of hydrogen-bond donors (Lipinski definition) is 2. The van der Waals surface area contributed by atoms with Crippen LogP contribution < -0.4 is 5.32 Å². The second-order valence-electron chi connectivity index (χ2n) is 7.86. The predicted molar refractivity (Wildman–Crippen MR) is 115 cm³/mol. The molecule has 3 heterocycles. The van der Waals surface area contributed by atoms with Crippen LogP contribution in [-0.2, 0) is 20.1 Å². The van der Waals surface area contributed by atoms with Gasteiger partial charge in [0.05, 0.1) is 12.2 Å². The quantitative estimate of drug-likeness (QED) is 0.614. The standard InChI is InChI=1S/C23H26FN5O/c1-15-6-5-7-17(27-15)13-26-23(30)22-19(12-25)18-11-20(24)16(10-21(18)28(22)2)14-29-8-3-4-9-29/h5-7,10-12,25H,3-4,8-9,13-14H2,1-2H3,(H,26,30). The third-order valence-electron chi connectivity index (χ3n) is 5.73. The number of halogens is 1. The fourth-order valence-electron chi connectivity index (χ4n) is 4.20. The molecule has 0 atom stereocenters. The largest absolute Gasteiger partial charge is 0.345 e. The first-order valence-electron chi connectivity index (χ1n) is 10.2. The summed E-state index contributed by atoms with van der Waals surface area (Å²) < 4.78 is 16.6. The van der Waals surface area contributed by atoms with E-state index < -0.39 is 0 Å². The molecule has 1 saturated heterocycles. The molecule has 2 N–H and O–H groups in total. The summed E-state index contributed by atoms with van der Waals surface area (Å²) in [5.74, 6) is -0.601. The summed E-state index contributed by atoms with van der Waals surface area (Å²) in [4.78, 5) is 19.6. The van der Waals surface area contributed by atoms with E-state index in [1.165, 1.54) is 6.07 Å². The summed E-state index contributed by atoms with van der Waals surface area (Å²) in [6.45, 7) is 4.71. The van der Waals surface area contributed by atoms with Crippen LogP contribution in [0.4, 0.5) is 4.39 Å². The van der Waals surface area contributed by atoms with Crippen LogP contribution in [0, 0.1) is 18.2 Å². The lowest BCUT2D eigenvalue weighted by molar-refractivity contribution is 0.0942. The average Bonchev–Trinajstić information content (AvgIpc) is 3.33. The Morgan fingerprint density at radius 2 is 2.07 bits per heavy atom. The molecule has 0 aliphatic carbocycles. The molecule has 2 aromatic heterocycles. The monoisotopic (exact) mass is 407 g/mol. The topological polar surface area (TPSA) is 74.0 Å². The van der Waals surface area contributed by atoms with Crippen molar-refractivity contribution in [1.29, 1.82) is 5.41 Å².